The molecule has 0 saturated heterocycles. The second kappa shape index (κ2) is 7.99. The molecule has 11 heteroatoms. The molecule has 2 aromatic rings. The molecule has 0 fully saturated rings. The lowest BCUT2D eigenvalue weighted by Crippen LogP contribution is -2.69. The fourth-order valence-electron chi connectivity index (χ4n) is 2.11. The van der Waals surface area contributed by atoms with E-state index in [1.807, 2.05) is 5.32 Å². The standard InChI is InChI=1S/C16H18F3N3O4S/c1-4-25-12(23)15(16(17,18)19,22-14(24)26-9(2)3)21-13-20-10-7-5-6-8-11(10)27-13/h5-9H,4H2,1-3H3,(H,20,21)(H,22,24). The number of thiazole rings is 1. The molecule has 2 N–H and O–H groups in total. The Morgan fingerprint density at radius 1 is 1.26 bits per heavy atom. The number of carbonyl (C=O) groups excluding carboxylic acids is 2. The molecular formula is C16H18F3N3O4S. The van der Waals surface area contributed by atoms with Gasteiger partial charge in [0.05, 0.1) is 22.9 Å². The highest BCUT2D eigenvalue weighted by Crippen LogP contribution is 2.35. The van der Waals surface area contributed by atoms with Gasteiger partial charge < -0.3 is 14.8 Å². The van der Waals surface area contributed by atoms with E-state index in [-0.39, 0.29) is 11.7 Å². The van der Waals surface area contributed by atoms with Gasteiger partial charge in [-0.05, 0) is 32.9 Å². The van der Waals surface area contributed by atoms with E-state index in [2.05, 4.69) is 9.72 Å². The molecule has 1 unspecified atom stereocenters. The third-order valence-corrected chi connectivity index (χ3v) is 4.18. The van der Waals surface area contributed by atoms with E-state index in [1.165, 1.54) is 20.8 Å². The van der Waals surface area contributed by atoms with Crippen LogP contribution in [0, 0.1) is 0 Å². The van der Waals surface area contributed by atoms with Crippen molar-refractivity contribution in [2.24, 2.45) is 0 Å². The van der Waals surface area contributed by atoms with Gasteiger partial charge in [0, 0.05) is 0 Å². The predicted molar refractivity (Wildman–Crippen MR) is 93.4 cm³/mol. The zero-order chi connectivity index (χ0) is 20.2. The van der Waals surface area contributed by atoms with Gasteiger partial charge >= 0.3 is 23.9 Å². The summed E-state index contributed by atoms with van der Waals surface area (Å²) in [6.45, 7) is 3.95. The number of alkyl carbamates (subject to hydrolysis) is 1. The largest absolute Gasteiger partial charge is 0.463 e. The number of benzene rings is 1. The van der Waals surface area contributed by atoms with Crippen molar-refractivity contribution in [3.8, 4) is 0 Å². The third kappa shape index (κ3) is 4.59. The number of carbonyl (C=O) groups is 2. The molecule has 148 valence electrons. The number of hydrogen-bond acceptors (Lipinski definition) is 7. The minimum atomic E-state index is -5.24. The molecule has 0 spiro atoms. The summed E-state index contributed by atoms with van der Waals surface area (Å²) in [5, 5.41) is 3.36. The highest BCUT2D eigenvalue weighted by atomic mass is 32.1. The van der Waals surface area contributed by atoms with E-state index in [9.17, 15) is 22.8 Å². The van der Waals surface area contributed by atoms with Crippen molar-refractivity contribution in [3.05, 3.63) is 24.3 Å². The van der Waals surface area contributed by atoms with Gasteiger partial charge in [-0.25, -0.2) is 14.6 Å². The number of para-hydroxylation sites is 1. The fraction of sp³-hybridized carbons (Fsp3) is 0.438. The first kappa shape index (κ1) is 20.7. The number of esters is 1. The molecule has 1 aromatic carbocycles. The van der Waals surface area contributed by atoms with E-state index < -0.39 is 30.0 Å². The number of ether oxygens (including phenoxy) is 2. The van der Waals surface area contributed by atoms with Crippen LogP contribution in [0.5, 0.6) is 0 Å². The first-order chi connectivity index (χ1) is 12.6. The number of hydrogen-bond donors (Lipinski definition) is 2. The molecule has 1 aromatic heterocycles. The molecule has 0 aliphatic heterocycles. The summed E-state index contributed by atoms with van der Waals surface area (Å²) in [7, 11) is 0. The maximum atomic E-state index is 13.9. The van der Waals surface area contributed by atoms with Gasteiger partial charge in [0.25, 0.3) is 0 Å². The first-order valence-electron chi connectivity index (χ1n) is 7.95. The third-order valence-electron chi connectivity index (χ3n) is 3.23. The maximum Gasteiger partial charge on any atom is 0.442 e. The molecule has 27 heavy (non-hydrogen) atoms. The summed E-state index contributed by atoms with van der Waals surface area (Å²) >= 11 is 0.895. The number of amides is 1. The number of fused-ring (bicyclic) bond motifs is 1. The molecule has 0 aliphatic carbocycles. The number of alkyl halides is 3. The Morgan fingerprint density at radius 3 is 2.48 bits per heavy atom. The topological polar surface area (TPSA) is 89.5 Å². The lowest BCUT2D eigenvalue weighted by molar-refractivity contribution is -0.205. The molecule has 7 nitrogen and oxygen atoms in total. The Hall–Kier alpha value is -2.56. The number of nitrogens with zero attached hydrogens (tertiary/aromatic N) is 1. The summed E-state index contributed by atoms with van der Waals surface area (Å²) in [4.78, 5) is 28.2. The van der Waals surface area contributed by atoms with E-state index >= 15 is 0 Å². The molecule has 1 atom stereocenters. The monoisotopic (exact) mass is 405 g/mol. The van der Waals surface area contributed by atoms with Gasteiger partial charge in [0.15, 0.2) is 5.13 Å². The van der Waals surface area contributed by atoms with Crippen molar-refractivity contribution in [1.29, 1.82) is 0 Å². The average Bonchev–Trinajstić information content (AvgIpc) is 2.94. The smallest absolute Gasteiger partial charge is 0.442 e. The molecule has 0 saturated carbocycles. The van der Waals surface area contributed by atoms with Crippen molar-refractivity contribution in [2.75, 3.05) is 11.9 Å². The van der Waals surface area contributed by atoms with Crippen molar-refractivity contribution in [3.63, 3.8) is 0 Å². The van der Waals surface area contributed by atoms with Crippen LogP contribution in [0.2, 0.25) is 0 Å². The highest BCUT2D eigenvalue weighted by Gasteiger charge is 2.64. The van der Waals surface area contributed by atoms with Crippen molar-refractivity contribution < 1.29 is 32.2 Å². The maximum absolute atomic E-state index is 13.9. The van der Waals surface area contributed by atoms with Gasteiger partial charge in [-0.15, -0.1) is 0 Å². The normalized spacial score (nSPS) is 13.9. The Bertz CT molecular complexity index is 792. The number of rotatable bonds is 6. The van der Waals surface area contributed by atoms with Gasteiger partial charge in [-0.1, -0.05) is 23.5 Å². The summed E-state index contributed by atoms with van der Waals surface area (Å²) in [5.41, 5.74) is -3.11. The van der Waals surface area contributed by atoms with E-state index in [4.69, 9.17) is 4.74 Å². The van der Waals surface area contributed by atoms with Crippen LogP contribution in [-0.4, -0.2) is 41.6 Å². The quantitative estimate of drug-likeness (QED) is 0.563. The lowest BCUT2D eigenvalue weighted by Gasteiger charge is -2.34. The van der Waals surface area contributed by atoms with Crippen molar-refractivity contribution in [2.45, 2.75) is 38.7 Å². The van der Waals surface area contributed by atoms with Gasteiger partial charge in [0.1, 0.15) is 0 Å². The molecule has 1 amide bonds. The number of halogens is 3. The molecule has 2 rings (SSSR count). The Morgan fingerprint density at radius 2 is 1.93 bits per heavy atom. The minimum Gasteiger partial charge on any atom is -0.463 e. The second-order valence-corrected chi connectivity index (χ2v) is 6.69. The van der Waals surface area contributed by atoms with Gasteiger partial charge in [0.2, 0.25) is 0 Å². The first-order valence-corrected chi connectivity index (χ1v) is 8.77. The van der Waals surface area contributed by atoms with Crippen LogP contribution >= 0.6 is 11.3 Å². The van der Waals surface area contributed by atoms with Crippen LogP contribution in [0.15, 0.2) is 24.3 Å². The van der Waals surface area contributed by atoms with Crippen molar-refractivity contribution >= 4 is 38.7 Å². The fourth-order valence-corrected chi connectivity index (χ4v) is 3.03. The Balaban J connectivity index is 2.47. The van der Waals surface area contributed by atoms with Crippen LogP contribution in [0.4, 0.5) is 23.1 Å². The lowest BCUT2D eigenvalue weighted by atomic mass is 10.1. The Labute approximate surface area is 156 Å². The SMILES string of the molecule is CCOC(=O)C(NC(=O)OC(C)C)(Nc1nc2ccccc2s1)C(F)(F)F. The van der Waals surface area contributed by atoms with Crippen LogP contribution in [0.25, 0.3) is 10.2 Å². The zero-order valence-electron chi connectivity index (χ0n) is 14.7. The number of nitrogens with one attached hydrogen (secondary N) is 2. The summed E-state index contributed by atoms with van der Waals surface area (Å²) < 4.78 is 51.7. The second-order valence-electron chi connectivity index (χ2n) is 5.66. The molecule has 0 aliphatic rings. The van der Waals surface area contributed by atoms with E-state index in [0.29, 0.717) is 10.2 Å². The van der Waals surface area contributed by atoms with Crippen LogP contribution < -0.4 is 10.6 Å². The molecule has 0 bridgehead atoms. The average molecular weight is 405 g/mol. The number of aromatic nitrogens is 1. The van der Waals surface area contributed by atoms with Gasteiger partial charge in [-0.3, -0.25) is 5.32 Å². The van der Waals surface area contributed by atoms with E-state index in [0.717, 1.165) is 11.3 Å². The summed E-state index contributed by atoms with van der Waals surface area (Å²) in [6.07, 6.45) is -7.36. The molecular weight excluding hydrogens is 387 g/mol. The van der Waals surface area contributed by atoms with Gasteiger partial charge in [-0.2, -0.15) is 13.2 Å². The van der Waals surface area contributed by atoms with E-state index in [1.54, 1.807) is 29.6 Å². The Kier molecular flexibility index (Phi) is 6.14. The van der Waals surface area contributed by atoms with Crippen LogP contribution in [0.1, 0.15) is 20.8 Å². The predicted octanol–water partition coefficient (Wildman–Crippen LogP) is 3.66. The summed E-state index contributed by atoms with van der Waals surface area (Å²) in [5.74, 6) is -1.72. The molecule has 0 radical (unpaired) electrons. The zero-order valence-corrected chi connectivity index (χ0v) is 15.5. The molecule has 1 heterocycles. The van der Waals surface area contributed by atoms with Crippen LogP contribution in [0.3, 0.4) is 0 Å². The van der Waals surface area contributed by atoms with Crippen molar-refractivity contribution in [1.82, 2.24) is 10.3 Å². The number of anilines is 1. The minimum absolute atomic E-state index is 0.216. The highest BCUT2D eigenvalue weighted by molar-refractivity contribution is 7.22. The van der Waals surface area contributed by atoms with Crippen LogP contribution in [-0.2, 0) is 14.3 Å². The summed E-state index contributed by atoms with van der Waals surface area (Å²) in [6, 6.07) is 6.65.